The summed E-state index contributed by atoms with van der Waals surface area (Å²) in [5, 5.41) is 4.78. The van der Waals surface area contributed by atoms with Gasteiger partial charge >= 0.3 is 0 Å². The monoisotopic (exact) mass is 479 g/mol. The van der Waals surface area contributed by atoms with Gasteiger partial charge in [-0.05, 0) is 31.1 Å². The van der Waals surface area contributed by atoms with Gasteiger partial charge in [0.2, 0.25) is 5.91 Å². The van der Waals surface area contributed by atoms with Gasteiger partial charge in [-0.1, -0.05) is 48.5 Å². The molecule has 1 aliphatic rings. The standard InChI is InChI=1S/C26H29N3O4S/c1-33-17-8-16-28(24-15-18-34(31,32)20-24)25(30)14-13-22-19-29(23-11-6-3-7-12-23)27-26(22)21-9-4-2-5-10-21/h2-7,9-14,19,24H,8,15-18,20H2,1H3/b14-13+. The van der Waals surface area contributed by atoms with E-state index in [1.54, 1.807) is 22.8 Å². The Labute approximate surface area is 200 Å². The largest absolute Gasteiger partial charge is 0.385 e. The molecule has 8 heteroatoms. The zero-order chi connectivity index (χ0) is 24.0. The van der Waals surface area contributed by atoms with Crippen molar-refractivity contribution in [2.45, 2.75) is 18.9 Å². The lowest BCUT2D eigenvalue weighted by Crippen LogP contribution is -2.41. The van der Waals surface area contributed by atoms with Crippen LogP contribution in [-0.4, -0.2) is 66.8 Å². The summed E-state index contributed by atoms with van der Waals surface area (Å²) in [7, 11) is -1.49. The maximum atomic E-state index is 13.2. The van der Waals surface area contributed by atoms with Crippen LogP contribution in [0.2, 0.25) is 0 Å². The number of benzene rings is 2. The molecular weight excluding hydrogens is 450 g/mol. The predicted molar refractivity (Wildman–Crippen MR) is 133 cm³/mol. The van der Waals surface area contributed by atoms with Gasteiger partial charge < -0.3 is 9.64 Å². The Morgan fingerprint density at radius 1 is 1.15 bits per heavy atom. The highest BCUT2D eigenvalue weighted by molar-refractivity contribution is 7.91. The maximum absolute atomic E-state index is 13.2. The molecule has 2 heterocycles. The first kappa shape index (κ1) is 23.9. The average Bonchev–Trinajstić information content (AvgIpc) is 3.44. The van der Waals surface area contributed by atoms with Gasteiger partial charge in [-0.2, -0.15) is 5.10 Å². The fourth-order valence-corrected chi connectivity index (χ4v) is 5.90. The normalized spacial score (nSPS) is 17.3. The number of hydrogen-bond acceptors (Lipinski definition) is 5. The van der Waals surface area contributed by atoms with Crippen LogP contribution in [0.3, 0.4) is 0 Å². The van der Waals surface area contributed by atoms with Gasteiger partial charge in [0.15, 0.2) is 9.84 Å². The van der Waals surface area contributed by atoms with Gasteiger partial charge in [0.05, 0.1) is 22.9 Å². The lowest BCUT2D eigenvalue weighted by atomic mass is 10.1. The number of amides is 1. The highest BCUT2D eigenvalue weighted by Crippen LogP contribution is 2.25. The molecule has 7 nitrogen and oxygen atoms in total. The van der Waals surface area contributed by atoms with Crippen molar-refractivity contribution < 1.29 is 17.9 Å². The number of para-hydroxylation sites is 1. The number of ether oxygens (including phenoxy) is 1. The van der Waals surface area contributed by atoms with Crippen molar-refractivity contribution in [2.75, 3.05) is 31.8 Å². The summed E-state index contributed by atoms with van der Waals surface area (Å²) in [6.07, 6.45) is 6.31. The molecule has 4 rings (SSSR count). The third-order valence-electron chi connectivity index (χ3n) is 5.90. The molecule has 0 radical (unpaired) electrons. The van der Waals surface area contributed by atoms with Crippen LogP contribution in [0.25, 0.3) is 23.0 Å². The van der Waals surface area contributed by atoms with E-state index >= 15 is 0 Å². The Morgan fingerprint density at radius 2 is 1.85 bits per heavy atom. The van der Waals surface area contributed by atoms with Crippen molar-refractivity contribution in [3.05, 3.63) is 78.5 Å². The second-order valence-electron chi connectivity index (χ2n) is 8.35. The number of methoxy groups -OCH3 is 1. The quantitative estimate of drug-likeness (QED) is 0.346. The lowest BCUT2D eigenvalue weighted by Gasteiger charge is -2.27. The third-order valence-corrected chi connectivity index (χ3v) is 7.65. The molecule has 1 fully saturated rings. The number of carbonyl (C=O) groups is 1. The second-order valence-corrected chi connectivity index (χ2v) is 10.6. The minimum atomic E-state index is -3.10. The van der Waals surface area contributed by atoms with Crippen LogP contribution in [0.1, 0.15) is 18.4 Å². The van der Waals surface area contributed by atoms with E-state index in [9.17, 15) is 13.2 Å². The lowest BCUT2D eigenvalue weighted by molar-refractivity contribution is -0.127. The topological polar surface area (TPSA) is 81.5 Å². The van der Waals surface area contributed by atoms with Gasteiger partial charge in [0, 0.05) is 49.7 Å². The molecule has 1 saturated heterocycles. The molecule has 0 aliphatic carbocycles. The van der Waals surface area contributed by atoms with Crippen LogP contribution >= 0.6 is 0 Å². The zero-order valence-corrected chi connectivity index (χ0v) is 20.0. The van der Waals surface area contributed by atoms with Gasteiger partial charge in [-0.3, -0.25) is 4.79 Å². The van der Waals surface area contributed by atoms with Gasteiger partial charge in [-0.15, -0.1) is 0 Å². The van der Waals surface area contributed by atoms with Crippen LogP contribution in [0, 0.1) is 0 Å². The van der Waals surface area contributed by atoms with Crippen molar-refractivity contribution in [3.8, 4) is 16.9 Å². The summed E-state index contributed by atoms with van der Waals surface area (Å²) in [6.45, 7) is 0.959. The van der Waals surface area contributed by atoms with Crippen LogP contribution in [0.4, 0.5) is 0 Å². The van der Waals surface area contributed by atoms with Gasteiger partial charge in [-0.25, -0.2) is 13.1 Å². The van der Waals surface area contributed by atoms with Crippen LogP contribution in [-0.2, 0) is 19.4 Å². The van der Waals surface area contributed by atoms with Crippen molar-refractivity contribution in [2.24, 2.45) is 0 Å². The molecule has 34 heavy (non-hydrogen) atoms. The maximum Gasteiger partial charge on any atom is 0.246 e. The number of aromatic nitrogens is 2. The van der Waals surface area contributed by atoms with Crippen LogP contribution in [0.5, 0.6) is 0 Å². The van der Waals surface area contributed by atoms with E-state index in [-0.39, 0.29) is 23.5 Å². The molecule has 1 aromatic heterocycles. The molecule has 2 aromatic carbocycles. The number of hydrogen-bond donors (Lipinski definition) is 0. The Hall–Kier alpha value is -3.23. The Balaban J connectivity index is 1.62. The number of nitrogens with zero attached hydrogens (tertiary/aromatic N) is 3. The first-order valence-electron chi connectivity index (χ1n) is 11.4. The first-order chi connectivity index (χ1) is 16.5. The summed E-state index contributed by atoms with van der Waals surface area (Å²) in [5.41, 5.74) is 3.44. The summed E-state index contributed by atoms with van der Waals surface area (Å²) in [4.78, 5) is 14.9. The van der Waals surface area contributed by atoms with Gasteiger partial charge in [0.25, 0.3) is 0 Å². The van der Waals surface area contributed by atoms with Crippen molar-refractivity contribution >= 4 is 21.8 Å². The van der Waals surface area contributed by atoms with E-state index < -0.39 is 9.84 Å². The van der Waals surface area contributed by atoms with Crippen molar-refractivity contribution in [1.82, 2.24) is 14.7 Å². The predicted octanol–water partition coefficient (Wildman–Crippen LogP) is 3.60. The minimum absolute atomic E-state index is 0.0147. The van der Waals surface area contributed by atoms with Crippen LogP contribution < -0.4 is 0 Å². The molecule has 0 N–H and O–H groups in total. The average molecular weight is 480 g/mol. The highest BCUT2D eigenvalue weighted by atomic mass is 32.2. The third kappa shape index (κ3) is 5.81. The van der Waals surface area contributed by atoms with E-state index in [2.05, 4.69) is 0 Å². The second kappa shape index (κ2) is 10.8. The molecule has 178 valence electrons. The smallest absolute Gasteiger partial charge is 0.246 e. The first-order valence-corrected chi connectivity index (χ1v) is 13.2. The summed E-state index contributed by atoms with van der Waals surface area (Å²) in [6, 6.07) is 19.3. The van der Waals surface area contributed by atoms with E-state index in [1.807, 2.05) is 66.9 Å². The highest BCUT2D eigenvalue weighted by Gasteiger charge is 2.33. The minimum Gasteiger partial charge on any atom is -0.385 e. The fourth-order valence-electron chi connectivity index (χ4n) is 4.17. The summed E-state index contributed by atoms with van der Waals surface area (Å²) in [5.74, 6) is -0.0669. The van der Waals surface area contributed by atoms with E-state index in [4.69, 9.17) is 9.84 Å². The Bertz CT molecular complexity index is 1240. The fraction of sp³-hybridized carbons (Fsp3) is 0.308. The number of rotatable bonds is 9. The SMILES string of the molecule is COCCCN(C(=O)/C=C/c1cn(-c2ccccc2)nc1-c1ccccc1)C1CCS(=O)(=O)C1. The molecule has 1 amide bonds. The molecule has 0 saturated carbocycles. The van der Waals surface area contributed by atoms with E-state index in [1.165, 1.54) is 6.08 Å². The van der Waals surface area contributed by atoms with Crippen LogP contribution in [0.15, 0.2) is 72.9 Å². The molecule has 1 atom stereocenters. The Morgan fingerprint density at radius 3 is 2.50 bits per heavy atom. The molecule has 0 spiro atoms. The Kier molecular flexibility index (Phi) is 7.59. The number of sulfone groups is 1. The molecule has 1 aliphatic heterocycles. The van der Waals surface area contributed by atoms with Gasteiger partial charge in [0.1, 0.15) is 0 Å². The van der Waals surface area contributed by atoms with E-state index in [0.717, 1.165) is 22.5 Å². The molecule has 1 unspecified atom stereocenters. The summed E-state index contributed by atoms with van der Waals surface area (Å²) >= 11 is 0. The molecule has 0 bridgehead atoms. The number of carbonyl (C=O) groups excluding carboxylic acids is 1. The van der Waals surface area contributed by atoms with Crippen molar-refractivity contribution in [3.63, 3.8) is 0 Å². The zero-order valence-electron chi connectivity index (χ0n) is 19.2. The molecule has 3 aromatic rings. The van der Waals surface area contributed by atoms with E-state index in [0.29, 0.717) is 26.0 Å². The van der Waals surface area contributed by atoms with Crippen molar-refractivity contribution in [1.29, 1.82) is 0 Å². The molecular formula is C26H29N3O4S. The summed E-state index contributed by atoms with van der Waals surface area (Å²) < 4.78 is 31.0.